The number of carbonyl (C=O) groups excluding carboxylic acids is 1. The molecule has 0 aromatic heterocycles. The van der Waals surface area contributed by atoms with Crippen molar-refractivity contribution >= 4 is 23.3 Å². The summed E-state index contributed by atoms with van der Waals surface area (Å²) < 4.78 is 0. The van der Waals surface area contributed by atoms with Crippen LogP contribution >= 0.6 is 0 Å². The molecule has 126 valence electrons. The van der Waals surface area contributed by atoms with Crippen LogP contribution in [0.1, 0.15) is 0 Å². The van der Waals surface area contributed by atoms with Crippen LogP contribution in [0.5, 0.6) is 11.5 Å². The van der Waals surface area contributed by atoms with E-state index in [0.717, 1.165) is 4.90 Å². The van der Waals surface area contributed by atoms with Gasteiger partial charge in [-0.25, -0.2) is 4.79 Å². The number of carbonyl (C=O) groups is 2. The second-order valence-corrected chi connectivity index (χ2v) is 4.94. The maximum absolute atomic E-state index is 12.5. The summed E-state index contributed by atoms with van der Waals surface area (Å²) in [5.41, 5.74) is 0.226. The van der Waals surface area contributed by atoms with Crippen LogP contribution < -0.4 is 4.90 Å². The second-order valence-electron chi connectivity index (χ2n) is 4.94. The maximum atomic E-state index is 12.5. The predicted octanol–water partition coefficient (Wildman–Crippen LogP) is 0.569. The summed E-state index contributed by atoms with van der Waals surface area (Å²) in [6.45, 7) is 0. The molecule has 0 bridgehead atoms. The largest absolute Gasteiger partial charge is 0.508 e. The highest BCUT2D eigenvalue weighted by molar-refractivity contribution is 6.05. The van der Waals surface area contributed by atoms with E-state index in [9.17, 15) is 30.0 Å². The number of carboxylic acid groups (broad SMARTS) is 1. The number of anilines is 2. The van der Waals surface area contributed by atoms with Gasteiger partial charge in [-0.2, -0.15) is 0 Å². The monoisotopic (exact) mass is 333 g/mol. The molecule has 2 aromatic rings. The van der Waals surface area contributed by atoms with Gasteiger partial charge in [0.25, 0.3) is 5.91 Å². The molecule has 0 saturated carbocycles. The van der Waals surface area contributed by atoms with E-state index in [0.29, 0.717) is 0 Å². The molecule has 2 unspecified atom stereocenters. The molecule has 0 heterocycles. The molecule has 2 aromatic carbocycles. The fraction of sp³-hybridized carbons (Fsp3) is 0.125. The number of rotatable bonds is 5. The molecule has 2 atom stereocenters. The number of aliphatic carboxylic acids is 1. The Morgan fingerprint density at radius 1 is 0.833 bits per heavy atom. The van der Waals surface area contributed by atoms with Crippen LogP contribution in [-0.4, -0.2) is 49.6 Å². The van der Waals surface area contributed by atoms with Crippen molar-refractivity contribution in [1.29, 1.82) is 0 Å². The molecule has 5 N–H and O–H groups in total. The van der Waals surface area contributed by atoms with E-state index in [4.69, 9.17) is 5.11 Å². The van der Waals surface area contributed by atoms with Gasteiger partial charge in [0, 0.05) is 12.1 Å². The Kier molecular flexibility index (Phi) is 5.02. The number of carboxylic acids is 1. The number of aromatic hydroxyl groups is 2. The highest BCUT2D eigenvalue weighted by Gasteiger charge is 2.34. The Morgan fingerprint density at radius 3 is 1.67 bits per heavy atom. The highest BCUT2D eigenvalue weighted by Crippen LogP contribution is 2.31. The van der Waals surface area contributed by atoms with Crippen LogP contribution in [0.25, 0.3) is 0 Å². The highest BCUT2D eigenvalue weighted by atomic mass is 16.4. The van der Waals surface area contributed by atoms with Gasteiger partial charge in [0.2, 0.25) is 0 Å². The van der Waals surface area contributed by atoms with Gasteiger partial charge in [-0.3, -0.25) is 9.69 Å². The average molecular weight is 333 g/mol. The van der Waals surface area contributed by atoms with Gasteiger partial charge in [-0.15, -0.1) is 0 Å². The van der Waals surface area contributed by atoms with E-state index in [1.165, 1.54) is 48.5 Å². The standard InChI is InChI=1S/C16H15NO7/c18-11-5-1-3-9(7-11)17(10-4-2-6-12(19)8-10)15(22)13(20)14(21)16(23)24/h1-8,13-14,18-21H,(H,23,24). The van der Waals surface area contributed by atoms with Gasteiger partial charge in [0.1, 0.15) is 11.5 Å². The second kappa shape index (κ2) is 6.99. The molecule has 0 aliphatic rings. The number of benzene rings is 2. The normalized spacial score (nSPS) is 13.1. The molecule has 8 nitrogen and oxygen atoms in total. The van der Waals surface area contributed by atoms with E-state index in [1.807, 2.05) is 0 Å². The zero-order valence-electron chi connectivity index (χ0n) is 12.3. The Balaban J connectivity index is 2.51. The van der Waals surface area contributed by atoms with Gasteiger partial charge in [0.05, 0.1) is 11.4 Å². The summed E-state index contributed by atoms with van der Waals surface area (Å²) in [7, 11) is 0. The van der Waals surface area contributed by atoms with Crippen LogP contribution in [0.2, 0.25) is 0 Å². The van der Waals surface area contributed by atoms with Crippen molar-refractivity contribution in [2.24, 2.45) is 0 Å². The van der Waals surface area contributed by atoms with Crippen LogP contribution in [0.15, 0.2) is 48.5 Å². The van der Waals surface area contributed by atoms with Crippen molar-refractivity contribution in [3.63, 3.8) is 0 Å². The average Bonchev–Trinajstić information content (AvgIpc) is 2.53. The third-order valence-electron chi connectivity index (χ3n) is 3.20. The van der Waals surface area contributed by atoms with Crippen LogP contribution in [0, 0.1) is 0 Å². The molecular formula is C16H15NO7. The van der Waals surface area contributed by atoms with Crippen molar-refractivity contribution in [2.75, 3.05) is 4.90 Å². The Morgan fingerprint density at radius 2 is 1.29 bits per heavy atom. The van der Waals surface area contributed by atoms with Crippen LogP contribution in [0.3, 0.4) is 0 Å². The molecule has 1 amide bonds. The molecule has 0 fully saturated rings. The summed E-state index contributed by atoms with van der Waals surface area (Å²) in [5.74, 6) is -3.24. The van der Waals surface area contributed by atoms with E-state index in [2.05, 4.69) is 0 Å². The number of phenols is 2. The van der Waals surface area contributed by atoms with Gasteiger partial charge in [0.15, 0.2) is 12.2 Å². The van der Waals surface area contributed by atoms with Crippen molar-refractivity contribution in [3.8, 4) is 11.5 Å². The molecule has 2 rings (SSSR count). The summed E-state index contributed by atoms with van der Waals surface area (Å²) in [6.07, 6.45) is -4.57. The fourth-order valence-electron chi connectivity index (χ4n) is 2.07. The number of hydrogen-bond acceptors (Lipinski definition) is 6. The summed E-state index contributed by atoms with van der Waals surface area (Å²) in [4.78, 5) is 24.2. The lowest BCUT2D eigenvalue weighted by Crippen LogP contribution is -2.46. The number of hydrogen-bond donors (Lipinski definition) is 5. The fourth-order valence-corrected chi connectivity index (χ4v) is 2.07. The zero-order chi connectivity index (χ0) is 17.9. The number of nitrogens with zero attached hydrogens (tertiary/aromatic N) is 1. The third kappa shape index (κ3) is 3.62. The summed E-state index contributed by atoms with van der Waals surface area (Å²) in [5, 5.41) is 47.2. The first-order valence-electron chi connectivity index (χ1n) is 6.82. The lowest BCUT2D eigenvalue weighted by atomic mass is 10.1. The molecule has 0 saturated heterocycles. The lowest BCUT2D eigenvalue weighted by Gasteiger charge is -2.26. The van der Waals surface area contributed by atoms with E-state index in [-0.39, 0.29) is 22.9 Å². The smallest absolute Gasteiger partial charge is 0.335 e. The number of aliphatic hydroxyl groups is 2. The van der Waals surface area contributed by atoms with Gasteiger partial charge in [-0.05, 0) is 24.3 Å². The SMILES string of the molecule is O=C(O)C(O)C(O)C(=O)N(c1cccc(O)c1)c1cccc(O)c1. The quantitative estimate of drug-likeness (QED) is 0.539. The molecule has 24 heavy (non-hydrogen) atoms. The minimum Gasteiger partial charge on any atom is -0.508 e. The lowest BCUT2D eigenvalue weighted by molar-refractivity contribution is -0.157. The third-order valence-corrected chi connectivity index (χ3v) is 3.20. The van der Waals surface area contributed by atoms with Crippen molar-refractivity contribution in [2.45, 2.75) is 12.2 Å². The molecule has 8 heteroatoms. The Labute approximate surface area is 136 Å². The Hall–Kier alpha value is -3.10. The van der Waals surface area contributed by atoms with Gasteiger partial charge < -0.3 is 25.5 Å². The van der Waals surface area contributed by atoms with E-state index >= 15 is 0 Å². The van der Waals surface area contributed by atoms with Crippen molar-refractivity contribution in [1.82, 2.24) is 0 Å². The predicted molar refractivity (Wildman–Crippen MR) is 83.0 cm³/mol. The number of amides is 1. The first-order chi connectivity index (χ1) is 11.3. The first kappa shape index (κ1) is 17.3. The molecule has 0 radical (unpaired) electrons. The molecular weight excluding hydrogens is 318 g/mol. The van der Waals surface area contributed by atoms with Gasteiger partial charge >= 0.3 is 5.97 Å². The molecule has 0 aliphatic carbocycles. The van der Waals surface area contributed by atoms with E-state index in [1.54, 1.807) is 0 Å². The zero-order valence-corrected chi connectivity index (χ0v) is 12.3. The topological polar surface area (TPSA) is 139 Å². The molecule has 0 aliphatic heterocycles. The number of aliphatic hydroxyl groups excluding tert-OH is 2. The summed E-state index contributed by atoms with van der Waals surface area (Å²) >= 11 is 0. The summed E-state index contributed by atoms with van der Waals surface area (Å²) in [6, 6.07) is 10.9. The Bertz CT molecular complexity index is 716. The van der Waals surface area contributed by atoms with Gasteiger partial charge in [-0.1, -0.05) is 12.1 Å². The molecule has 0 spiro atoms. The number of phenolic OH excluding ortho intramolecular Hbond substituents is 2. The van der Waals surface area contributed by atoms with Crippen molar-refractivity contribution in [3.05, 3.63) is 48.5 Å². The van der Waals surface area contributed by atoms with Crippen LogP contribution in [-0.2, 0) is 9.59 Å². The maximum Gasteiger partial charge on any atom is 0.335 e. The van der Waals surface area contributed by atoms with Crippen LogP contribution in [0.4, 0.5) is 11.4 Å². The van der Waals surface area contributed by atoms with Crippen molar-refractivity contribution < 1.29 is 35.1 Å². The minimum absolute atomic E-state index is 0.113. The first-order valence-corrected chi connectivity index (χ1v) is 6.82. The van der Waals surface area contributed by atoms with E-state index < -0.39 is 24.1 Å². The minimum atomic E-state index is -2.32.